The number of ether oxygens (including phenoxy) is 2. The van der Waals surface area contributed by atoms with Crippen LogP contribution in [0.15, 0.2) is 39.2 Å². The molecule has 0 saturated carbocycles. The Labute approximate surface area is 170 Å². The highest BCUT2D eigenvalue weighted by Crippen LogP contribution is 2.32. The molecule has 0 bridgehead atoms. The van der Waals surface area contributed by atoms with Crippen LogP contribution in [-0.2, 0) is 17.9 Å². The van der Waals surface area contributed by atoms with E-state index in [0.29, 0.717) is 21.7 Å². The zero-order chi connectivity index (χ0) is 20.5. The lowest BCUT2D eigenvalue weighted by molar-refractivity contribution is -0.122. The molecule has 1 N–H and O–H groups in total. The highest BCUT2D eigenvalue weighted by molar-refractivity contribution is 7.17. The predicted molar refractivity (Wildman–Crippen MR) is 110 cm³/mol. The first-order chi connectivity index (χ1) is 14.0. The van der Waals surface area contributed by atoms with Gasteiger partial charge in [0, 0.05) is 6.04 Å². The van der Waals surface area contributed by atoms with Gasteiger partial charge in [0.25, 0.3) is 5.56 Å². The predicted octanol–water partition coefficient (Wildman–Crippen LogP) is 1.92. The fraction of sp³-hybridized carbons (Fsp3) is 0.350. The van der Waals surface area contributed by atoms with Crippen LogP contribution in [0.25, 0.3) is 10.2 Å². The summed E-state index contributed by atoms with van der Waals surface area (Å²) in [4.78, 5) is 38.4. The van der Waals surface area contributed by atoms with Crippen LogP contribution in [0, 0.1) is 0 Å². The molecule has 9 heteroatoms. The van der Waals surface area contributed by atoms with Gasteiger partial charge in [-0.2, -0.15) is 0 Å². The third-order valence-electron chi connectivity index (χ3n) is 4.94. The van der Waals surface area contributed by atoms with Gasteiger partial charge in [-0.25, -0.2) is 4.79 Å². The number of hydrogen-bond donors (Lipinski definition) is 1. The largest absolute Gasteiger partial charge is 0.454 e. The number of nitrogens with one attached hydrogen (secondary N) is 1. The topological polar surface area (TPSA) is 91.6 Å². The molecular formula is C20H21N3O5S. The molecular weight excluding hydrogens is 394 g/mol. The van der Waals surface area contributed by atoms with Gasteiger partial charge in [-0.1, -0.05) is 13.0 Å². The van der Waals surface area contributed by atoms with Crippen molar-refractivity contribution in [1.29, 1.82) is 0 Å². The van der Waals surface area contributed by atoms with Gasteiger partial charge in [-0.3, -0.25) is 18.7 Å². The third kappa shape index (κ3) is 3.65. The summed E-state index contributed by atoms with van der Waals surface area (Å²) in [5.74, 6) is 0.956. The van der Waals surface area contributed by atoms with Gasteiger partial charge in [0.2, 0.25) is 12.7 Å². The molecule has 1 aliphatic heterocycles. The van der Waals surface area contributed by atoms with Gasteiger partial charge in [-0.05, 0) is 42.5 Å². The van der Waals surface area contributed by atoms with E-state index in [2.05, 4.69) is 5.32 Å². The maximum absolute atomic E-state index is 13.1. The fourth-order valence-electron chi connectivity index (χ4n) is 3.21. The van der Waals surface area contributed by atoms with E-state index in [-0.39, 0.29) is 37.4 Å². The van der Waals surface area contributed by atoms with Crippen molar-refractivity contribution in [2.75, 3.05) is 6.79 Å². The molecule has 0 fully saturated rings. The van der Waals surface area contributed by atoms with Crippen molar-refractivity contribution < 1.29 is 14.3 Å². The van der Waals surface area contributed by atoms with Crippen LogP contribution in [-0.4, -0.2) is 27.9 Å². The number of thiophene rings is 1. The van der Waals surface area contributed by atoms with E-state index in [1.54, 1.807) is 29.6 Å². The number of benzene rings is 1. The number of hydrogen-bond acceptors (Lipinski definition) is 6. The molecule has 1 aliphatic rings. The van der Waals surface area contributed by atoms with Crippen LogP contribution in [0.1, 0.15) is 25.8 Å². The molecule has 0 spiro atoms. The van der Waals surface area contributed by atoms with E-state index in [9.17, 15) is 14.4 Å². The first kappa shape index (κ1) is 19.3. The minimum atomic E-state index is -0.516. The Morgan fingerprint density at radius 1 is 1.21 bits per heavy atom. The summed E-state index contributed by atoms with van der Waals surface area (Å²) in [6.07, 6.45) is 0.790. The van der Waals surface area contributed by atoms with Gasteiger partial charge in [0.05, 0.1) is 12.1 Å². The zero-order valence-corrected chi connectivity index (χ0v) is 17.0. The Kier molecular flexibility index (Phi) is 5.14. The van der Waals surface area contributed by atoms with E-state index < -0.39 is 5.69 Å². The smallest absolute Gasteiger partial charge is 0.332 e. The van der Waals surface area contributed by atoms with Gasteiger partial charge < -0.3 is 14.8 Å². The summed E-state index contributed by atoms with van der Waals surface area (Å²) in [6.45, 7) is 3.96. The Balaban J connectivity index is 1.73. The Hall–Kier alpha value is -3.07. The van der Waals surface area contributed by atoms with Crippen molar-refractivity contribution in [3.8, 4) is 11.5 Å². The number of nitrogens with zero attached hydrogens (tertiary/aromatic N) is 2. The normalized spacial score (nSPS) is 13.6. The summed E-state index contributed by atoms with van der Waals surface area (Å²) in [6, 6.07) is 7.01. The highest BCUT2D eigenvalue weighted by atomic mass is 32.1. The quantitative estimate of drug-likeness (QED) is 0.664. The summed E-state index contributed by atoms with van der Waals surface area (Å²) in [5.41, 5.74) is 0.334. The van der Waals surface area contributed by atoms with Crippen molar-refractivity contribution in [3.63, 3.8) is 0 Å². The number of amides is 1. The molecule has 1 aromatic carbocycles. The van der Waals surface area contributed by atoms with Crippen LogP contribution in [0.2, 0.25) is 0 Å². The second kappa shape index (κ2) is 7.75. The lowest BCUT2D eigenvalue weighted by Crippen LogP contribution is -2.43. The number of carbonyl (C=O) groups is 1. The molecule has 4 rings (SSSR count). The monoisotopic (exact) mass is 415 g/mol. The average molecular weight is 415 g/mol. The van der Waals surface area contributed by atoms with E-state index in [0.717, 1.165) is 16.6 Å². The molecule has 0 saturated heterocycles. The molecule has 2 aromatic heterocycles. The number of carbonyl (C=O) groups excluding carboxylic acids is 1. The SMILES string of the molecule is CC[C@H](C)NC(=O)Cn1c(=O)n(Cc2ccc3c(c2)OCO3)c(=O)c2sccc21. The molecule has 3 heterocycles. The molecule has 152 valence electrons. The highest BCUT2D eigenvalue weighted by Gasteiger charge is 2.19. The standard InChI is InChI=1S/C20H21N3O5S/c1-3-12(2)21-17(24)10-22-14-6-7-29-18(14)19(25)23(20(22)26)9-13-4-5-15-16(8-13)28-11-27-15/h4-8,12H,3,9-11H2,1-2H3,(H,21,24)/t12-/m0/s1. The summed E-state index contributed by atoms with van der Waals surface area (Å²) >= 11 is 1.26. The fourth-order valence-corrected chi connectivity index (χ4v) is 4.06. The van der Waals surface area contributed by atoms with Crippen LogP contribution >= 0.6 is 11.3 Å². The van der Waals surface area contributed by atoms with Crippen LogP contribution < -0.4 is 26.0 Å². The number of aromatic nitrogens is 2. The molecule has 3 aromatic rings. The average Bonchev–Trinajstić information content (AvgIpc) is 3.37. The summed E-state index contributed by atoms with van der Waals surface area (Å²) in [7, 11) is 0. The van der Waals surface area contributed by atoms with Crippen molar-refractivity contribution in [2.45, 2.75) is 39.4 Å². The van der Waals surface area contributed by atoms with Crippen LogP contribution in [0.3, 0.4) is 0 Å². The Morgan fingerprint density at radius 2 is 2.00 bits per heavy atom. The van der Waals surface area contributed by atoms with Crippen molar-refractivity contribution >= 4 is 27.5 Å². The minimum absolute atomic E-state index is 0.00991. The van der Waals surface area contributed by atoms with Crippen molar-refractivity contribution in [3.05, 3.63) is 56.0 Å². The van der Waals surface area contributed by atoms with Crippen LogP contribution in [0.4, 0.5) is 0 Å². The van der Waals surface area contributed by atoms with Crippen LogP contribution in [0.5, 0.6) is 11.5 Å². The molecule has 1 atom stereocenters. The maximum atomic E-state index is 13.1. The molecule has 29 heavy (non-hydrogen) atoms. The van der Waals surface area contributed by atoms with Gasteiger partial charge >= 0.3 is 5.69 Å². The van der Waals surface area contributed by atoms with E-state index in [1.807, 2.05) is 13.8 Å². The zero-order valence-electron chi connectivity index (χ0n) is 16.1. The summed E-state index contributed by atoms with van der Waals surface area (Å²) in [5, 5.41) is 4.61. The van der Waals surface area contributed by atoms with Gasteiger partial charge in [0.15, 0.2) is 11.5 Å². The van der Waals surface area contributed by atoms with Crippen molar-refractivity contribution in [2.24, 2.45) is 0 Å². The van der Waals surface area contributed by atoms with Gasteiger partial charge in [0.1, 0.15) is 11.2 Å². The Morgan fingerprint density at radius 3 is 2.79 bits per heavy atom. The summed E-state index contributed by atoms with van der Waals surface area (Å²) < 4.78 is 13.6. The maximum Gasteiger partial charge on any atom is 0.332 e. The second-order valence-corrected chi connectivity index (χ2v) is 7.88. The lowest BCUT2D eigenvalue weighted by atomic mass is 10.2. The molecule has 0 radical (unpaired) electrons. The first-order valence-corrected chi connectivity index (χ1v) is 10.2. The third-order valence-corrected chi connectivity index (χ3v) is 5.83. The molecule has 1 amide bonds. The molecule has 0 unspecified atom stereocenters. The Bertz CT molecular complexity index is 1190. The number of fused-ring (bicyclic) bond motifs is 2. The van der Waals surface area contributed by atoms with E-state index in [1.165, 1.54) is 15.9 Å². The second-order valence-electron chi connectivity index (χ2n) is 6.96. The lowest BCUT2D eigenvalue weighted by Gasteiger charge is -2.15. The van der Waals surface area contributed by atoms with E-state index >= 15 is 0 Å². The van der Waals surface area contributed by atoms with Crippen molar-refractivity contribution in [1.82, 2.24) is 14.5 Å². The first-order valence-electron chi connectivity index (χ1n) is 9.36. The van der Waals surface area contributed by atoms with Gasteiger partial charge in [-0.15, -0.1) is 11.3 Å². The minimum Gasteiger partial charge on any atom is -0.454 e. The number of rotatable bonds is 6. The molecule has 8 nitrogen and oxygen atoms in total. The molecule has 0 aliphatic carbocycles. The van der Waals surface area contributed by atoms with E-state index in [4.69, 9.17) is 9.47 Å².